The quantitative estimate of drug-likeness (QED) is 0.689. The van der Waals surface area contributed by atoms with Crippen LogP contribution in [0.3, 0.4) is 0 Å². The summed E-state index contributed by atoms with van der Waals surface area (Å²) in [5, 5.41) is 0.900. The van der Waals surface area contributed by atoms with Gasteiger partial charge in [0.15, 0.2) is 0 Å². The predicted octanol–water partition coefficient (Wildman–Crippen LogP) is 4.81. The molecule has 0 N–H and O–H groups in total. The summed E-state index contributed by atoms with van der Waals surface area (Å²) >= 11 is 6.22. The molecule has 0 bridgehead atoms. The first-order valence-corrected chi connectivity index (χ1v) is 5.96. The molecule has 1 aromatic rings. The van der Waals surface area contributed by atoms with Crippen LogP contribution >= 0.6 is 11.6 Å². The Kier molecular flexibility index (Phi) is 4.41. The summed E-state index contributed by atoms with van der Waals surface area (Å²) in [6, 6.07) is 2.10. The Balaban J connectivity index is 3.49. The van der Waals surface area contributed by atoms with Gasteiger partial charge in [0.1, 0.15) is 0 Å². The van der Waals surface area contributed by atoms with Gasteiger partial charge in [-0.15, -0.1) is 0 Å². The van der Waals surface area contributed by atoms with Gasteiger partial charge in [0, 0.05) is 5.02 Å². The van der Waals surface area contributed by atoms with E-state index >= 15 is 0 Å². The van der Waals surface area contributed by atoms with Crippen LogP contribution in [0.4, 0.5) is 0 Å². The Morgan fingerprint density at radius 3 is 2.40 bits per heavy atom. The van der Waals surface area contributed by atoms with Gasteiger partial charge in [-0.25, -0.2) is 0 Å². The Morgan fingerprint density at radius 1 is 1.27 bits per heavy atom. The van der Waals surface area contributed by atoms with Crippen molar-refractivity contribution < 1.29 is 0 Å². The second kappa shape index (κ2) is 5.37. The third-order valence-corrected chi connectivity index (χ3v) is 3.24. The fourth-order valence-electron chi connectivity index (χ4n) is 2.00. The second-order valence-corrected chi connectivity index (χ2v) is 4.15. The minimum Gasteiger partial charge on any atom is -0.0870 e. The van der Waals surface area contributed by atoms with Gasteiger partial charge in [0.05, 0.1) is 0 Å². The molecule has 0 nitrogen and oxygen atoms in total. The molecule has 1 aromatic carbocycles. The third kappa shape index (κ3) is 2.43. The molecule has 0 heterocycles. The molecule has 0 atom stereocenters. The Bertz CT molecular complexity index is 375. The Hall–Kier alpha value is -0.750. The van der Waals surface area contributed by atoms with E-state index in [1.54, 1.807) is 0 Å². The summed E-state index contributed by atoms with van der Waals surface area (Å²) in [7, 11) is 0. The minimum absolute atomic E-state index is 0.900. The molecule has 0 spiro atoms. The topological polar surface area (TPSA) is 0 Å². The summed E-state index contributed by atoms with van der Waals surface area (Å²) in [4.78, 5) is 0. The van der Waals surface area contributed by atoms with Crippen molar-refractivity contribution in [2.45, 2.75) is 40.5 Å². The molecule has 0 amide bonds. The van der Waals surface area contributed by atoms with Crippen molar-refractivity contribution in [1.29, 1.82) is 0 Å². The molecule has 15 heavy (non-hydrogen) atoms. The predicted molar refractivity (Wildman–Crippen MR) is 69.7 cm³/mol. The van der Waals surface area contributed by atoms with Gasteiger partial charge in [-0.2, -0.15) is 0 Å². The van der Waals surface area contributed by atoms with Crippen LogP contribution in [0.5, 0.6) is 0 Å². The largest absolute Gasteiger partial charge is 0.0870 e. The summed E-state index contributed by atoms with van der Waals surface area (Å²) in [5.74, 6) is 0. The Labute approximate surface area is 98.0 Å². The van der Waals surface area contributed by atoms with Crippen molar-refractivity contribution >= 4 is 17.7 Å². The van der Waals surface area contributed by atoms with E-state index in [0.717, 1.165) is 17.9 Å². The van der Waals surface area contributed by atoms with Crippen LogP contribution in [0.15, 0.2) is 12.1 Å². The van der Waals surface area contributed by atoms with E-state index in [9.17, 15) is 0 Å². The number of hydrogen-bond donors (Lipinski definition) is 0. The highest BCUT2D eigenvalue weighted by atomic mass is 35.5. The fourth-order valence-corrected chi connectivity index (χ4v) is 2.25. The van der Waals surface area contributed by atoms with Crippen LogP contribution < -0.4 is 0 Å². The van der Waals surface area contributed by atoms with E-state index < -0.39 is 0 Å². The number of benzene rings is 1. The molecule has 0 saturated carbocycles. The van der Waals surface area contributed by atoms with Crippen molar-refractivity contribution in [3.05, 3.63) is 39.4 Å². The highest BCUT2D eigenvalue weighted by Gasteiger charge is 2.09. The van der Waals surface area contributed by atoms with E-state index in [4.69, 9.17) is 11.6 Å². The van der Waals surface area contributed by atoms with E-state index in [1.165, 1.54) is 22.3 Å². The van der Waals surface area contributed by atoms with Crippen molar-refractivity contribution in [3.8, 4) is 0 Å². The average Bonchev–Trinajstić information content (AvgIpc) is 2.24. The van der Waals surface area contributed by atoms with Crippen LogP contribution in [0, 0.1) is 6.92 Å². The molecule has 0 aliphatic carbocycles. The minimum atomic E-state index is 0.900. The summed E-state index contributed by atoms with van der Waals surface area (Å²) in [5.41, 5.74) is 5.33. The summed E-state index contributed by atoms with van der Waals surface area (Å²) < 4.78 is 0. The van der Waals surface area contributed by atoms with Crippen molar-refractivity contribution in [1.82, 2.24) is 0 Å². The Morgan fingerprint density at radius 2 is 1.93 bits per heavy atom. The number of aryl methyl sites for hydroxylation is 1. The lowest BCUT2D eigenvalue weighted by Crippen LogP contribution is -1.98. The van der Waals surface area contributed by atoms with E-state index in [1.807, 2.05) is 0 Å². The molecular formula is C14H19Cl. The fraction of sp³-hybridized carbons (Fsp3) is 0.429. The first kappa shape index (κ1) is 12.3. The maximum atomic E-state index is 6.22. The highest BCUT2D eigenvalue weighted by Crippen LogP contribution is 2.28. The zero-order chi connectivity index (χ0) is 11.4. The third-order valence-electron chi connectivity index (χ3n) is 2.85. The van der Waals surface area contributed by atoms with Crippen molar-refractivity contribution in [2.75, 3.05) is 0 Å². The smallest absolute Gasteiger partial charge is 0.0441 e. The number of allylic oxidation sites excluding steroid dienone is 1. The molecule has 0 unspecified atom stereocenters. The van der Waals surface area contributed by atoms with E-state index in [-0.39, 0.29) is 0 Å². The zero-order valence-electron chi connectivity index (χ0n) is 10.0. The summed E-state index contributed by atoms with van der Waals surface area (Å²) in [6.45, 7) is 8.52. The monoisotopic (exact) mass is 222 g/mol. The lowest BCUT2D eigenvalue weighted by Gasteiger charge is -2.14. The number of rotatable bonds is 3. The normalized spacial score (nSPS) is 11.3. The highest BCUT2D eigenvalue weighted by molar-refractivity contribution is 6.31. The van der Waals surface area contributed by atoms with Crippen LogP contribution in [-0.4, -0.2) is 0 Å². The van der Waals surface area contributed by atoms with Crippen LogP contribution in [0.25, 0.3) is 6.08 Å². The van der Waals surface area contributed by atoms with E-state index in [2.05, 4.69) is 45.9 Å². The SMILES string of the molecule is CC=Cc1c(CC)cc(Cl)c(C)c1CC. The van der Waals surface area contributed by atoms with Gasteiger partial charge < -0.3 is 0 Å². The van der Waals surface area contributed by atoms with Gasteiger partial charge in [-0.3, -0.25) is 0 Å². The van der Waals surface area contributed by atoms with Gasteiger partial charge in [0.25, 0.3) is 0 Å². The van der Waals surface area contributed by atoms with Crippen LogP contribution in [0.2, 0.25) is 5.02 Å². The molecule has 0 aromatic heterocycles. The second-order valence-electron chi connectivity index (χ2n) is 3.74. The lowest BCUT2D eigenvalue weighted by atomic mass is 9.93. The standard InChI is InChI=1S/C14H19Cl/c1-5-8-13-11(6-2)9-14(15)10(4)12(13)7-3/h5,8-9H,6-7H2,1-4H3. The first-order chi connectivity index (χ1) is 7.15. The zero-order valence-corrected chi connectivity index (χ0v) is 10.8. The molecule has 1 rings (SSSR count). The molecule has 0 aliphatic rings. The molecule has 0 radical (unpaired) electrons. The van der Waals surface area contributed by atoms with Gasteiger partial charge in [-0.05, 0) is 55.0 Å². The van der Waals surface area contributed by atoms with Crippen molar-refractivity contribution in [2.24, 2.45) is 0 Å². The van der Waals surface area contributed by atoms with Gasteiger partial charge in [-0.1, -0.05) is 37.6 Å². The average molecular weight is 223 g/mol. The summed E-state index contributed by atoms with van der Waals surface area (Å²) in [6.07, 6.45) is 6.37. The molecule has 1 heteroatoms. The molecule has 0 saturated heterocycles. The number of hydrogen-bond acceptors (Lipinski definition) is 0. The van der Waals surface area contributed by atoms with E-state index in [0.29, 0.717) is 0 Å². The number of halogens is 1. The van der Waals surface area contributed by atoms with Crippen LogP contribution in [-0.2, 0) is 12.8 Å². The molecular weight excluding hydrogens is 204 g/mol. The lowest BCUT2D eigenvalue weighted by molar-refractivity contribution is 1.06. The first-order valence-electron chi connectivity index (χ1n) is 5.59. The van der Waals surface area contributed by atoms with Gasteiger partial charge >= 0.3 is 0 Å². The van der Waals surface area contributed by atoms with Crippen molar-refractivity contribution in [3.63, 3.8) is 0 Å². The molecule has 0 fully saturated rings. The maximum Gasteiger partial charge on any atom is 0.0441 e. The van der Waals surface area contributed by atoms with Gasteiger partial charge in [0.2, 0.25) is 0 Å². The molecule has 0 aliphatic heterocycles. The molecule has 82 valence electrons. The maximum absolute atomic E-state index is 6.22. The van der Waals surface area contributed by atoms with Crippen LogP contribution in [0.1, 0.15) is 43.0 Å².